The molecule has 1 heterocycles. The molecule has 0 radical (unpaired) electrons. The van der Waals surface area contributed by atoms with Crippen molar-refractivity contribution >= 4 is 5.91 Å². The Morgan fingerprint density at radius 2 is 2.26 bits per heavy atom. The molecule has 0 saturated carbocycles. The lowest BCUT2D eigenvalue weighted by atomic mass is 9.94. The molecule has 1 aromatic rings. The number of carbonyl (C=O) groups excluding carboxylic acids is 1. The van der Waals surface area contributed by atoms with Crippen LogP contribution < -0.4 is 10.5 Å². The number of carbonyl (C=O) groups is 1. The van der Waals surface area contributed by atoms with Crippen LogP contribution in [0.15, 0.2) is 24.3 Å². The standard InChI is InChI=1S/C15H22N2O2/c1-19-14-7-3-2-6-13(14)15(18)17-10-4-5-12(11-17)8-9-16/h2-3,6-7,12H,4-5,8-11,16H2,1H3. The molecule has 2 N–H and O–H groups in total. The third kappa shape index (κ3) is 3.26. The monoisotopic (exact) mass is 262 g/mol. The Morgan fingerprint density at radius 3 is 3.00 bits per heavy atom. The lowest BCUT2D eigenvalue weighted by molar-refractivity contribution is 0.0666. The van der Waals surface area contributed by atoms with Crippen LogP contribution in [0.25, 0.3) is 0 Å². The minimum atomic E-state index is 0.0687. The summed E-state index contributed by atoms with van der Waals surface area (Å²) in [5.74, 6) is 1.25. The molecule has 19 heavy (non-hydrogen) atoms. The SMILES string of the molecule is COc1ccccc1C(=O)N1CCCC(CCN)C1. The van der Waals surface area contributed by atoms with Crippen LogP contribution in [0.3, 0.4) is 0 Å². The molecule has 4 heteroatoms. The zero-order chi connectivity index (χ0) is 13.7. The van der Waals surface area contributed by atoms with Crippen LogP contribution in [0.2, 0.25) is 0 Å². The van der Waals surface area contributed by atoms with Gasteiger partial charge in [-0.2, -0.15) is 0 Å². The maximum absolute atomic E-state index is 12.5. The van der Waals surface area contributed by atoms with E-state index in [1.165, 1.54) is 6.42 Å². The fourth-order valence-corrected chi connectivity index (χ4v) is 2.71. The number of benzene rings is 1. The summed E-state index contributed by atoms with van der Waals surface area (Å²) in [6, 6.07) is 7.41. The summed E-state index contributed by atoms with van der Waals surface area (Å²) in [5.41, 5.74) is 6.27. The van der Waals surface area contributed by atoms with E-state index in [-0.39, 0.29) is 5.91 Å². The van der Waals surface area contributed by atoms with E-state index in [1.54, 1.807) is 7.11 Å². The first-order chi connectivity index (χ1) is 9.26. The highest BCUT2D eigenvalue weighted by Gasteiger charge is 2.25. The van der Waals surface area contributed by atoms with Gasteiger partial charge in [0.1, 0.15) is 5.75 Å². The second-order valence-corrected chi connectivity index (χ2v) is 5.04. The van der Waals surface area contributed by atoms with Crippen molar-refractivity contribution in [1.82, 2.24) is 4.90 Å². The zero-order valence-electron chi connectivity index (χ0n) is 11.5. The van der Waals surface area contributed by atoms with Crippen molar-refractivity contribution in [3.05, 3.63) is 29.8 Å². The van der Waals surface area contributed by atoms with Crippen molar-refractivity contribution < 1.29 is 9.53 Å². The molecule has 1 unspecified atom stereocenters. The largest absolute Gasteiger partial charge is 0.496 e. The van der Waals surface area contributed by atoms with Crippen LogP contribution in [0.4, 0.5) is 0 Å². The Morgan fingerprint density at radius 1 is 1.47 bits per heavy atom. The van der Waals surface area contributed by atoms with Gasteiger partial charge < -0.3 is 15.4 Å². The molecule has 0 aromatic heterocycles. The van der Waals surface area contributed by atoms with Gasteiger partial charge in [0.25, 0.3) is 5.91 Å². The van der Waals surface area contributed by atoms with Gasteiger partial charge in [-0.25, -0.2) is 0 Å². The average Bonchev–Trinajstić information content (AvgIpc) is 2.47. The quantitative estimate of drug-likeness (QED) is 0.901. The average molecular weight is 262 g/mol. The number of nitrogens with two attached hydrogens (primary N) is 1. The first-order valence-corrected chi connectivity index (χ1v) is 6.88. The number of likely N-dealkylation sites (tertiary alicyclic amines) is 1. The summed E-state index contributed by atoms with van der Waals surface area (Å²) in [6.45, 7) is 2.34. The number of ether oxygens (including phenoxy) is 1. The Hall–Kier alpha value is -1.55. The number of amides is 1. The number of hydrogen-bond acceptors (Lipinski definition) is 3. The molecule has 2 rings (SSSR count). The molecule has 1 amide bonds. The highest BCUT2D eigenvalue weighted by Crippen LogP contribution is 2.24. The summed E-state index contributed by atoms with van der Waals surface area (Å²) in [5, 5.41) is 0. The predicted octanol–water partition coefficient (Wildman–Crippen LogP) is 1.90. The molecule has 1 saturated heterocycles. The van der Waals surface area contributed by atoms with E-state index in [1.807, 2.05) is 29.2 Å². The number of para-hydroxylation sites is 1. The van der Waals surface area contributed by atoms with Gasteiger partial charge in [0.05, 0.1) is 12.7 Å². The molecule has 0 bridgehead atoms. The number of hydrogen-bond donors (Lipinski definition) is 1. The first-order valence-electron chi connectivity index (χ1n) is 6.88. The van der Waals surface area contributed by atoms with E-state index in [0.29, 0.717) is 23.8 Å². The molecular formula is C15H22N2O2. The van der Waals surface area contributed by atoms with Crippen LogP contribution in [-0.4, -0.2) is 37.6 Å². The lowest BCUT2D eigenvalue weighted by Gasteiger charge is -2.33. The molecule has 0 spiro atoms. The smallest absolute Gasteiger partial charge is 0.257 e. The minimum Gasteiger partial charge on any atom is -0.496 e. The number of nitrogens with zero attached hydrogens (tertiary/aromatic N) is 1. The third-order valence-electron chi connectivity index (χ3n) is 3.72. The summed E-state index contributed by atoms with van der Waals surface area (Å²) in [7, 11) is 1.60. The molecule has 1 aliphatic heterocycles. The van der Waals surface area contributed by atoms with E-state index in [2.05, 4.69) is 0 Å². The second-order valence-electron chi connectivity index (χ2n) is 5.04. The van der Waals surface area contributed by atoms with Crippen molar-refractivity contribution in [2.45, 2.75) is 19.3 Å². The molecule has 1 aromatic carbocycles. The van der Waals surface area contributed by atoms with Crippen LogP contribution in [0.5, 0.6) is 5.75 Å². The second kappa shape index (κ2) is 6.57. The van der Waals surface area contributed by atoms with E-state index >= 15 is 0 Å². The summed E-state index contributed by atoms with van der Waals surface area (Å²) in [4.78, 5) is 14.5. The van der Waals surface area contributed by atoms with E-state index < -0.39 is 0 Å². The van der Waals surface area contributed by atoms with Crippen molar-refractivity contribution in [1.29, 1.82) is 0 Å². The van der Waals surface area contributed by atoms with Gasteiger partial charge in [-0.3, -0.25) is 4.79 Å². The molecule has 1 atom stereocenters. The molecule has 1 fully saturated rings. The first kappa shape index (κ1) is 13.9. The highest BCUT2D eigenvalue weighted by molar-refractivity contribution is 5.97. The maximum atomic E-state index is 12.5. The van der Waals surface area contributed by atoms with Crippen LogP contribution in [-0.2, 0) is 0 Å². The molecular weight excluding hydrogens is 240 g/mol. The summed E-state index contributed by atoms with van der Waals surface area (Å²) >= 11 is 0. The molecule has 0 aliphatic carbocycles. The topological polar surface area (TPSA) is 55.6 Å². The van der Waals surface area contributed by atoms with E-state index in [0.717, 1.165) is 25.9 Å². The van der Waals surface area contributed by atoms with Gasteiger partial charge in [0.2, 0.25) is 0 Å². The van der Waals surface area contributed by atoms with Gasteiger partial charge >= 0.3 is 0 Å². The molecule has 4 nitrogen and oxygen atoms in total. The Kier molecular flexibility index (Phi) is 4.80. The molecule has 104 valence electrons. The van der Waals surface area contributed by atoms with E-state index in [4.69, 9.17) is 10.5 Å². The van der Waals surface area contributed by atoms with Crippen molar-refractivity contribution in [3.8, 4) is 5.75 Å². The van der Waals surface area contributed by atoms with Crippen molar-refractivity contribution in [2.75, 3.05) is 26.7 Å². The lowest BCUT2D eigenvalue weighted by Crippen LogP contribution is -2.40. The normalized spacial score (nSPS) is 19.3. The van der Waals surface area contributed by atoms with Crippen molar-refractivity contribution in [2.24, 2.45) is 11.7 Å². The third-order valence-corrected chi connectivity index (χ3v) is 3.72. The molecule has 1 aliphatic rings. The zero-order valence-corrected chi connectivity index (χ0v) is 11.5. The fraction of sp³-hybridized carbons (Fsp3) is 0.533. The minimum absolute atomic E-state index is 0.0687. The summed E-state index contributed by atoms with van der Waals surface area (Å²) < 4.78 is 5.26. The van der Waals surface area contributed by atoms with Crippen molar-refractivity contribution in [3.63, 3.8) is 0 Å². The van der Waals surface area contributed by atoms with Gasteiger partial charge in [-0.15, -0.1) is 0 Å². The van der Waals surface area contributed by atoms with Gasteiger partial charge in [-0.05, 0) is 43.9 Å². The predicted molar refractivity (Wildman–Crippen MR) is 75.3 cm³/mol. The van der Waals surface area contributed by atoms with Crippen LogP contribution >= 0.6 is 0 Å². The van der Waals surface area contributed by atoms with Crippen LogP contribution in [0, 0.1) is 5.92 Å². The van der Waals surface area contributed by atoms with E-state index in [9.17, 15) is 4.79 Å². The number of piperidine rings is 1. The Bertz CT molecular complexity index is 432. The Labute approximate surface area is 114 Å². The van der Waals surface area contributed by atoms with Gasteiger partial charge in [0.15, 0.2) is 0 Å². The fourth-order valence-electron chi connectivity index (χ4n) is 2.71. The number of rotatable bonds is 4. The highest BCUT2D eigenvalue weighted by atomic mass is 16.5. The number of methoxy groups -OCH3 is 1. The summed E-state index contributed by atoms with van der Waals surface area (Å²) in [6.07, 6.45) is 3.23. The Balaban J connectivity index is 2.10. The van der Waals surface area contributed by atoms with Gasteiger partial charge in [-0.1, -0.05) is 12.1 Å². The maximum Gasteiger partial charge on any atom is 0.257 e. The van der Waals surface area contributed by atoms with Gasteiger partial charge in [0, 0.05) is 13.1 Å². The van der Waals surface area contributed by atoms with Crippen LogP contribution in [0.1, 0.15) is 29.6 Å².